The van der Waals surface area contributed by atoms with E-state index < -0.39 is 8.32 Å². The first-order chi connectivity index (χ1) is 14.4. The van der Waals surface area contributed by atoms with Gasteiger partial charge in [-0.25, -0.2) is 4.79 Å². The molecule has 0 aromatic heterocycles. The Morgan fingerprint density at radius 1 is 1.06 bits per heavy atom. The van der Waals surface area contributed by atoms with E-state index in [0.29, 0.717) is 18.8 Å². The molecule has 0 saturated heterocycles. The van der Waals surface area contributed by atoms with E-state index >= 15 is 0 Å². The van der Waals surface area contributed by atoms with Crippen molar-refractivity contribution in [3.8, 4) is 0 Å². The molecule has 4 nitrogen and oxygen atoms in total. The first-order valence-corrected chi connectivity index (χ1v) is 14.0. The van der Waals surface area contributed by atoms with Crippen LogP contribution in [0.25, 0.3) is 0 Å². The minimum absolute atomic E-state index is 0.0913. The fourth-order valence-corrected chi connectivity index (χ4v) is 4.29. The number of rotatable bonds is 9. The van der Waals surface area contributed by atoms with Crippen LogP contribution in [0.1, 0.15) is 54.6 Å². The van der Waals surface area contributed by atoms with Crippen LogP contribution >= 0.6 is 0 Å². The summed E-state index contributed by atoms with van der Waals surface area (Å²) in [4.78, 5) is 14.6. The lowest BCUT2D eigenvalue weighted by Gasteiger charge is -2.36. The van der Waals surface area contributed by atoms with E-state index in [1.165, 1.54) is 16.8 Å². The zero-order chi connectivity index (χ0) is 23.2. The van der Waals surface area contributed by atoms with Gasteiger partial charge in [-0.3, -0.25) is 0 Å². The molecule has 1 atom stereocenters. The Bertz CT molecular complexity index is 857. The predicted octanol–water partition coefficient (Wildman–Crippen LogP) is 6.41. The quantitative estimate of drug-likeness (QED) is 0.333. The molecule has 0 heterocycles. The summed E-state index contributed by atoms with van der Waals surface area (Å²) in [5.74, 6) is -0.188. The molecular weight excluding hydrogens is 402 g/mol. The number of carbonyl (C=O) groups is 1. The number of anilines is 1. The smallest absolute Gasteiger partial charge is 0.338 e. The van der Waals surface area contributed by atoms with Gasteiger partial charge in [0.2, 0.25) is 0 Å². The largest absolute Gasteiger partial charge is 0.461 e. The molecule has 170 valence electrons. The third-order valence-corrected chi connectivity index (χ3v) is 10.9. The second-order valence-electron chi connectivity index (χ2n) is 9.99. The first-order valence-electron chi connectivity index (χ1n) is 11.1. The monoisotopic (exact) mass is 441 g/mol. The highest BCUT2D eigenvalue weighted by Gasteiger charge is 2.37. The minimum Gasteiger partial charge on any atom is -0.461 e. The Kier molecular flexibility index (Phi) is 8.49. The lowest BCUT2D eigenvalue weighted by molar-refractivity contribution is 0.0467. The number of esters is 1. The van der Waals surface area contributed by atoms with Crippen LogP contribution in [0.2, 0.25) is 18.1 Å². The standard InChI is InChI=1S/C26H39NO3Si/c1-20-18-23(27(5)6)14-15-24(20)22(16-17-30-31(7,8)26(2,3)4)19-29-25(28)21-12-10-9-11-13-21/h9-15,18,22H,16-17,19H2,1-8H3/t22-/m0/s1. The molecule has 2 aromatic rings. The van der Waals surface area contributed by atoms with Gasteiger partial charge in [0.25, 0.3) is 0 Å². The molecule has 0 amide bonds. The van der Waals surface area contributed by atoms with Crippen molar-refractivity contribution in [3.63, 3.8) is 0 Å². The van der Waals surface area contributed by atoms with Gasteiger partial charge in [0.15, 0.2) is 8.32 Å². The Morgan fingerprint density at radius 3 is 2.26 bits per heavy atom. The molecule has 5 heteroatoms. The van der Waals surface area contributed by atoms with Gasteiger partial charge in [-0.05, 0) is 66.9 Å². The Labute approximate surface area is 189 Å². The van der Waals surface area contributed by atoms with Crippen molar-refractivity contribution in [3.05, 3.63) is 65.2 Å². The van der Waals surface area contributed by atoms with E-state index in [1.807, 2.05) is 32.3 Å². The Balaban J connectivity index is 2.16. The maximum atomic E-state index is 12.5. The van der Waals surface area contributed by atoms with Crippen molar-refractivity contribution in [2.24, 2.45) is 0 Å². The number of nitrogens with zero attached hydrogens (tertiary/aromatic N) is 1. The van der Waals surface area contributed by atoms with Crippen molar-refractivity contribution < 1.29 is 14.0 Å². The summed E-state index contributed by atoms with van der Waals surface area (Å²) in [5.41, 5.74) is 4.17. The number of hydrogen-bond acceptors (Lipinski definition) is 4. The average molecular weight is 442 g/mol. The second-order valence-corrected chi connectivity index (χ2v) is 14.8. The Morgan fingerprint density at radius 2 is 1.71 bits per heavy atom. The van der Waals surface area contributed by atoms with E-state index in [1.54, 1.807) is 12.1 Å². The summed E-state index contributed by atoms with van der Waals surface area (Å²) in [5, 5.41) is 0.172. The number of hydrogen-bond donors (Lipinski definition) is 0. The van der Waals surface area contributed by atoms with Gasteiger partial charge in [-0.15, -0.1) is 0 Å². The molecule has 2 aromatic carbocycles. The fraction of sp³-hybridized carbons (Fsp3) is 0.500. The molecule has 0 aliphatic rings. The molecule has 0 spiro atoms. The number of benzene rings is 2. The summed E-state index contributed by atoms with van der Waals surface area (Å²) in [6, 6.07) is 15.7. The average Bonchev–Trinajstić information content (AvgIpc) is 2.70. The highest BCUT2D eigenvalue weighted by molar-refractivity contribution is 6.74. The zero-order valence-corrected chi connectivity index (χ0v) is 21.5. The topological polar surface area (TPSA) is 38.8 Å². The fourth-order valence-electron chi connectivity index (χ4n) is 3.23. The molecule has 0 radical (unpaired) electrons. The van der Waals surface area contributed by atoms with Crippen LogP contribution in [0.15, 0.2) is 48.5 Å². The summed E-state index contributed by atoms with van der Waals surface area (Å²) >= 11 is 0. The Hall–Kier alpha value is -2.11. The van der Waals surface area contributed by atoms with E-state index in [4.69, 9.17) is 9.16 Å². The van der Waals surface area contributed by atoms with Gasteiger partial charge in [0.1, 0.15) is 0 Å². The third kappa shape index (κ3) is 6.94. The van der Waals surface area contributed by atoms with Crippen LogP contribution in [0, 0.1) is 6.92 Å². The van der Waals surface area contributed by atoms with Crippen molar-refractivity contribution in [2.45, 2.75) is 58.2 Å². The van der Waals surface area contributed by atoms with Crippen LogP contribution in [-0.4, -0.2) is 41.6 Å². The summed E-state index contributed by atoms with van der Waals surface area (Å²) in [6.07, 6.45) is 0.816. The van der Waals surface area contributed by atoms with Gasteiger partial charge in [-0.1, -0.05) is 45.0 Å². The minimum atomic E-state index is -1.82. The lowest BCUT2D eigenvalue weighted by atomic mass is 9.92. The number of aryl methyl sites for hydroxylation is 1. The van der Waals surface area contributed by atoms with E-state index in [9.17, 15) is 4.79 Å². The van der Waals surface area contributed by atoms with Crippen LogP contribution in [0.4, 0.5) is 5.69 Å². The maximum Gasteiger partial charge on any atom is 0.338 e. The molecule has 0 saturated carbocycles. The molecule has 0 aliphatic carbocycles. The maximum absolute atomic E-state index is 12.5. The van der Waals surface area contributed by atoms with Crippen molar-refractivity contribution >= 4 is 20.0 Å². The summed E-state index contributed by atoms with van der Waals surface area (Å²) < 4.78 is 12.2. The first kappa shape index (κ1) is 25.2. The third-order valence-electron chi connectivity index (χ3n) is 6.37. The van der Waals surface area contributed by atoms with Crippen molar-refractivity contribution in [2.75, 3.05) is 32.2 Å². The van der Waals surface area contributed by atoms with Gasteiger partial charge < -0.3 is 14.1 Å². The molecule has 0 fully saturated rings. The lowest BCUT2D eigenvalue weighted by Crippen LogP contribution is -2.41. The van der Waals surface area contributed by atoms with Gasteiger partial charge >= 0.3 is 5.97 Å². The van der Waals surface area contributed by atoms with E-state index in [0.717, 1.165) is 6.42 Å². The van der Waals surface area contributed by atoms with E-state index in [-0.39, 0.29) is 16.9 Å². The summed E-state index contributed by atoms with van der Waals surface area (Å²) in [6.45, 7) is 14.4. The molecular formula is C26H39NO3Si. The zero-order valence-electron chi connectivity index (χ0n) is 20.5. The molecule has 31 heavy (non-hydrogen) atoms. The van der Waals surface area contributed by atoms with E-state index in [2.05, 4.69) is 63.9 Å². The van der Waals surface area contributed by atoms with Gasteiger partial charge in [-0.2, -0.15) is 0 Å². The highest BCUT2D eigenvalue weighted by atomic mass is 28.4. The van der Waals surface area contributed by atoms with Crippen molar-refractivity contribution in [1.29, 1.82) is 0 Å². The summed E-state index contributed by atoms with van der Waals surface area (Å²) in [7, 11) is 2.26. The van der Waals surface area contributed by atoms with Crippen molar-refractivity contribution in [1.82, 2.24) is 0 Å². The van der Waals surface area contributed by atoms with Crippen LogP contribution < -0.4 is 4.90 Å². The number of ether oxygens (including phenoxy) is 1. The van der Waals surface area contributed by atoms with Gasteiger partial charge in [0, 0.05) is 32.3 Å². The predicted molar refractivity (Wildman–Crippen MR) is 133 cm³/mol. The number of carbonyl (C=O) groups excluding carboxylic acids is 1. The van der Waals surface area contributed by atoms with Crippen LogP contribution in [0.3, 0.4) is 0 Å². The SMILES string of the molecule is Cc1cc(N(C)C)ccc1[C@@H](CCO[Si](C)(C)C(C)(C)C)COC(=O)c1ccccc1. The molecule has 0 N–H and O–H groups in total. The molecule has 0 aliphatic heterocycles. The molecule has 0 unspecified atom stereocenters. The highest BCUT2D eigenvalue weighted by Crippen LogP contribution is 2.37. The molecule has 0 bridgehead atoms. The van der Waals surface area contributed by atoms with Crippen LogP contribution in [0.5, 0.6) is 0 Å². The van der Waals surface area contributed by atoms with Gasteiger partial charge in [0.05, 0.1) is 12.2 Å². The normalized spacial score (nSPS) is 13.0. The molecule has 2 rings (SSSR count). The second kappa shape index (κ2) is 10.5. The van der Waals surface area contributed by atoms with Crippen LogP contribution in [-0.2, 0) is 9.16 Å².